The Morgan fingerprint density at radius 3 is 2.67 bits per heavy atom. The fourth-order valence-corrected chi connectivity index (χ4v) is 2.59. The summed E-state index contributed by atoms with van der Waals surface area (Å²) in [6.07, 6.45) is 0. The third-order valence-electron chi connectivity index (χ3n) is 3.18. The topological polar surface area (TPSA) is 47.6 Å². The summed E-state index contributed by atoms with van der Waals surface area (Å²) in [5.74, 6) is 1.37. The fourth-order valence-electron chi connectivity index (χ4n) is 2.12. The summed E-state index contributed by atoms with van der Waals surface area (Å²) in [7, 11) is 0. The van der Waals surface area contributed by atoms with Crippen molar-refractivity contribution in [2.75, 3.05) is 13.2 Å². The number of amides is 1. The van der Waals surface area contributed by atoms with E-state index in [4.69, 9.17) is 9.47 Å². The molecule has 5 heteroatoms. The van der Waals surface area contributed by atoms with Gasteiger partial charge in [-0.1, -0.05) is 18.2 Å². The number of hydrogen-bond donors (Lipinski definition) is 1. The molecule has 0 fully saturated rings. The van der Waals surface area contributed by atoms with Gasteiger partial charge in [0.05, 0.1) is 5.56 Å². The predicted molar refractivity (Wildman–Crippen MR) is 82.7 cm³/mol. The minimum atomic E-state index is -0.114. The zero-order chi connectivity index (χ0) is 14.7. The minimum Gasteiger partial charge on any atom is -0.486 e. The molecule has 2 aromatic carbocycles. The van der Waals surface area contributed by atoms with Crippen LogP contribution >= 0.6 is 15.9 Å². The van der Waals surface area contributed by atoms with Gasteiger partial charge in [0.1, 0.15) is 13.2 Å². The molecule has 2 aromatic rings. The Morgan fingerprint density at radius 2 is 1.86 bits per heavy atom. The number of nitrogens with one attached hydrogen (secondary N) is 1. The Morgan fingerprint density at radius 1 is 1.10 bits per heavy atom. The second-order valence-corrected chi connectivity index (χ2v) is 5.49. The molecule has 1 aliphatic heterocycles. The van der Waals surface area contributed by atoms with E-state index in [2.05, 4.69) is 21.2 Å². The summed E-state index contributed by atoms with van der Waals surface area (Å²) in [6.45, 7) is 1.57. The van der Waals surface area contributed by atoms with Gasteiger partial charge in [0.2, 0.25) is 0 Å². The van der Waals surface area contributed by atoms with E-state index in [-0.39, 0.29) is 5.91 Å². The molecule has 0 bridgehead atoms. The molecule has 1 N–H and O–H groups in total. The molecule has 4 nitrogen and oxygen atoms in total. The zero-order valence-corrected chi connectivity index (χ0v) is 12.9. The van der Waals surface area contributed by atoms with E-state index in [1.54, 1.807) is 6.07 Å². The molecule has 108 valence electrons. The van der Waals surface area contributed by atoms with Crippen LogP contribution in [-0.2, 0) is 6.54 Å². The lowest BCUT2D eigenvalue weighted by Gasteiger charge is -2.19. The maximum Gasteiger partial charge on any atom is 0.252 e. The van der Waals surface area contributed by atoms with Crippen LogP contribution in [0.5, 0.6) is 11.5 Å². The summed E-state index contributed by atoms with van der Waals surface area (Å²) < 4.78 is 11.8. The third-order valence-corrected chi connectivity index (χ3v) is 3.87. The Labute approximate surface area is 131 Å². The van der Waals surface area contributed by atoms with Crippen molar-refractivity contribution in [3.63, 3.8) is 0 Å². The molecule has 0 saturated heterocycles. The molecule has 3 rings (SSSR count). The highest BCUT2D eigenvalue weighted by atomic mass is 79.9. The quantitative estimate of drug-likeness (QED) is 0.927. The molecule has 0 spiro atoms. The van der Waals surface area contributed by atoms with Gasteiger partial charge in [-0.2, -0.15) is 0 Å². The van der Waals surface area contributed by atoms with Crippen molar-refractivity contribution in [1.29, 1.82) is 0 Å². The summed E-state index contributed by atoms with van der Waals surface area (Å²) in [6, 6.07) is 13.0. The molecule has 0 aromatic heterocycles. The van der Waals surface area contributed by atoms with Crippen LogP contribution in [0.4, 0.5) is 0 Å². The van der Waals surface area contributed by atoms with E-state index in [0.29, 0.717) is 25.3 Å². The van der Waals surface area contributed by atoms with Crippen molar-refractivity contribution in [2.24, 2.45) is 0 Å². The van der Waals surface area contributed by atoms with Gasteiger partial charge in [-0.15, -0.1) is 0 Å². The van der Waals surface area contributed by atoms with Gasteiger partial charge in [-0.25, -0.2) is 0 Å². The number of ether oxygens (including phenoxy) is 2. The first-order valence-electron chi connectivity index (χ1n) is 6.65. The highest BCUT2D eigenvalue weighted by Crippen LogP contribution is 2.30. The average molecular weight is 348 g/mol. The Kier molecular flexibility index (Phi) is 4.10. The predicted octanol–water partition coefficient (Wildman–Crippen LogP) is 3.15. The van der Waals surface area contributed by atoms with Crippen molar-refractivity contribution in [1.82, 2.24) is 5.32 Å². The van der Waals surface area contributed by atoms with Gasteiger partial charge >= 0.3 is 0 Å². The van der Waals surface area contributed by atoms with E-state index >= 15 is 0 Å². The Balaban J connectivity index is 1.68. The molecular formula is C16H14BrNO3. The molecule has 0 atom stereocenters. The largest absolute Gasteiger partial charge is 0.486 e. The summed E-state index contributed by atoms with van der Waals surface area (Å²) in [5.41, 5.74) is 1.59. The van der Waals surface area contributed by atoms with Crippen LogP contribution in [-0.4, -0.2) is 19.1 Å². The average Bonchev–Trinajstić information content (AvgIpc) is 2.53. The molecule has 0 radical (unpaired) electrons. The van der Waals surface area contributed by atoms with Gasteiger partial charge in [0.15, 0.2) is 11.5 Å². The maximum atomic E-state index is 12.1. The van der Waals surface area contributed by atoms with Crippen molar-refractivity contribution in [3.05, 3.63) is 58.1 Å². The molecule has 0 saturated carbocycles. The minimum absolute atomic E-state index is 0.114. The van der Waals surface area contributed by atoms with Crippen molar-refractivity contribution >= 4 is 21.8 Å². The van der Waals surface area contributed by atoms with Crippen LogP contribution in [0.3, 0.4) is 0 Å². The van der Waals surface area contributed by atoms with Gasteiger partial charge in [0.25, 0.3) is 5.91 Å². The Hall–Kier alpha value is -2.01. The molecule has 0 unspecified atom stereocenters. The molecule has 1 heterocycles. The third kappa shape index (κ3) is 3.19. The molecule has 1 amide bonds. The number of fused-ring (bicyclic) bond motifs is 1. The van der Waals surface area contributed by atoms with Crippen molar-refractivity contribution in [3.8, 4) is 11.5 Å². The first-order valence-corrected chi connectivity index (χ1v) is 7.44. The second-order valence-electron chi connectivity index (χ2n) is 4.64. The summed E-state index contributed by atoms with van der Waals surface area (Å²) in [5, 5.41) is 2.90. The second kappa shape index (κ2) is 6.18. The monoisotopic (exact) mass is 347 g/mol. The first kappa shape index (κ1) is 13.9. The molecule has 0 aliphatic carbocycles. The van der Waals surface area contributed by atoms with E-state index in [9.17, 15) is 4.79 Å². The maximum absolute atomic E-state index is 12.1. The van der Waals surface area contributed by atoms with E-state index < -0.39 is 0 Å². The van der Waals surface area contributed by atoms with Crippen molar-refractivity contribution in [2.45, 2.75) is 6.54 Å². The zero-order valence-electron chi connectivity index (χ0n) is 11.3. The Bertz CT molecular complexity index is 672. The van der Waals surface area contributed by atoms with E-state index in [1.165, 1.54) is 0 Å². The van der Waals surface area contributed by atoms with Crippen LogP contribution in [0.25, 0.3) is 0 Å². The molecular weight excluding hydrogens is 334 g/mol. The van der Waals surface area contributed by atoms with Gasteiger partial charge in [-0.05, 0) is 45.8 Å². The van der Waals surface area contributed by atoms with Gasteiger partial charge in [0, 0.05) is 11.0 Å². The number of rotatable bonds is 3. The summed E-state index contributed by atoms with van der Waals surface area (Å²) in [4.78, 5) is 12.1. The van der Waals surface area contributed by atoms with Crippen LogP contribution < -0.4 is 14.8 Å². The van der Waals surface area contributed by atoms with Crippen molar-refractivity contribution < 1.29 is 14.3 Å². The standard InChI is InChI=1S/C16H14BrNO3/c17-13-4-2-1-3-12(13)16(19)18-10-11-5-6-14-15(9-11)21-8-7-20-14/h1-6,9H,7-8,10H2,(H,18,19). The fraction of sp³-hybridized carbons (Fsp3) is 0.188. The summed E-state index contributed by atoms with van der Waals surface area (Å²) >= 11 is 3.38. The number of hydrogen-bond acceptors (Lipinski definition) is 3. The van der Waals surface area contributed by atoms with Gasteiger partial charge in [-0.3, -0.25) is 4.79 Å². The van der Waals surface area contributed by atoms with Crippen LogP contribution in [0.2, 0.25) is 0 Å². The molecule has 1 aliphatic rings. The lowest BCUT2D eigenvalue weighted by atomic mass is 10.1. The number of benzene rings is 2. The lowest BCUT2D eigenvalue weighted by molar-refractivity contribution is 0.0950. The van der Waals surface area contributed by atoms with E-state index in [1.807, 2.05) is 36.4 Å². The normalized spacial score (nSPS) is 12.8. The highest BCUT2D eigenvalue weighted by Gasteiger charge is 2.13. The number of halogens is 1. The smallest absolute Gasteiger partial charge is 0.252 e. The number of carbonyl (C=O) groups is 1. The SMILES string of the molecule is O=C(NCc1ccc2c(c1)OCCO2)c1ccccc1Br. The number of carbonyl (C=O) groups excluding carboxylic acids is 1. The lowest BCUT2D eigenvalue weighted by Crippen LogP contribution is -2.23. The molecule has 21 heavy (non-hydrogen) atoms. The van der Waals surface area contributed by atoms with Crippen LogP contribution in [0, 0.1) is 0 Å². The van der Waals surface area contributed by atoms with Gasteiger partial charge < -0.3 is 14.8 Å². The van der Waals surface area contributed by atoms with E-state index in [0.717, 1.165) is 21.5 Å². The van der Waals surface area contributed by atoms with Crippen LogP contribution in [0.1, 0.15) is 15.9 Å². The van der Waals surface area contributed by atoms with Crippen LogP contribution in [0.15, 0.2) is 46.9 Å². The highest BCUT2D eigenvalue weighted by molar-refractivity contribution is 9.10. The first-order chi connectivity index (χ1) is 10.2.